The molecule has 0 amide bonds. The number of nitro benzene ring substituents is 1. The maximum absolute atomic E-state index is 12.7. The van der Waals surface area contributed by atoms with Crippen molar-refractivity contribution in [3.8, 4) is 11.5 Å². The second kappa shape index (κ2) is 6.10. The SMILES string of the molecule is CN(Cc1ccc2c(c1)OCO2)S(=O)(=O)c1ccccc1[N+](=O)[O-]. The van der Waals surface area contributed by atoms with Gasteiger partial charge < -0.3 is 9.47 Å². The normalized spacial score (nSPS) is 13.2. The fourth-order valence-electron chi connectivity index (χ4n) is 2.38. The van der Waals surface area contributed by atoms with Crippen LogP contribution in [0, 0.1) is 10.1 Å². The lowest BCUT2D eigenvalue weighted by atomic mass is 10.2. The van der Waals surface area contributed by atoms with E-state index in [1.165, 1.54) is 31.3 Å². The van der Waals surface area contributed by atoms with Gasteiger partial charge in [-0.15, -0.1) is 0 Å². The summed E-state index contributed by atoms with van der Waals surface area (Å²) in [7, 11) is -2.64. The molecule has 0 saturated carbocycles. The minimum atomic E-state index is -4.01. The first-order valence-corrected chi connectivity index (χ1v) is 8.42. The average Bonchev–Trinajstić information content (AvgIpc) is 3.02. The maximum atomic E-state index is 12.7. The number of hydrogen-bond acceptors (Lipinski definition) is 6. The van der Waals surface area contributed by atoms with Crippen molar-refractivity contribution < 1.29 is 22.8 Å². The molecule has 3 rings (SSSR count). The Labute approximate surface area is 138 Å². The van der Waals surface area contributed by atoms with Gasteiger partial charge in [-0.2, -0.15) is 4.31 Å². The molecule has 0 aliphatic carbocycles. The molecule has 0 fully saturated rings. The maximum Gasteiger partial charge on any atom is 0.289 e. The van der Waals surface area contributed by atoms with Gasteiger partial charge in [0.25, 0.3) is 5.69 Å². The average molecular weight is 350 g/mol. The molecule has 1 aliphatic heterocycles. The highest BCUT2D eigenvalue weighted by molar-refractivity contribution is 7.89. The minimum Gasteiger partial charge on any atom is -0.454 e. The van der Waals surface area contributed by atoms with E-state index in [2.05, 4.69) is 0 Å². The second-order valence-electron chi connectivity index (χ2n) is 5.17. The van der Waals surface area contributed by atoms with E-state index in [0.29, 0.717) is 17.1 Å². The molecule has 0 aromatic heterocycles. The van der Waals surface area contributed by atoms with Crippen molar-refractivity contribution in [3.05, 3.63) is 58.1 Å². The topological polar surface area (TPSA) is 99.0 Å². The van der Waals surface area contributed by atoms with E-state index in [4.69, 9.17) is 9.47 Å². The van der Waals surface area contributed by atoms with E-state index in [1.807, 2.05) is 0 Å². The van der Waals surface area contributed by atoms with Gasteiger partial charge in [0.1, 0.15) is 0 Å². The smallest absolute Gasteiger partial charge is 0.289 e. The molecular formula is C15H14N2O6S. The molecule has 24 heavy (non-hydrogen) atoms. The Balaban J connectivity index is 1.89. The Morgan fingerprint density at radius 2 is 1.88 bits per heavy atom. The van der Waals surface area contributed by atoms with Gasteiger partial charge >= 0.3 is 0 Å². The highest BCUT2D eigenvalue weighted by atomic mass is 32.2. The Hall–Kier alpha value is -2.65. The molecule has 0 spiro atoms. The fourth-order valence-corrected chi connectivity index (χ4v) is 3.69. The van der Waals surface area contributed by atoms with Crippen molar-refractivity contribution in [3.63, 3.8) is 0 Å². The van der Waals surface area contributed by atoms with E-state index >= 15 is 0 Å². The monoisotopic (exact) mass is 350 g/mol. The van der Waals surface area contributed by atoms with E-state index in [0.717, 1.165) is 4.31 Å². The lowest BCUT2D eigenvalue weighted by molar-refractivity contribution is -0.387. The molecule has 1 heterocycles. The third-order valence-corrected chi connectivity index (χ3v) is 5.44. The van der Waals surface area contributed by atoms with Crippen molar-refractivity contribution in [2.45, 2.75) is 11.4 Å². The predicted molar refractivity (Wildman–Crippen MR) is 84.3 cm³/mol. The molecule has 8 nitrogen and oxygen atoms in total. The zero-order valence-corrected chi connectivity index (χ0v) is 13.5. The van der Waals surface area contributed by atoms with Crippen LogP contribution < -0.4 is 9.47 Å². The molecule has 0 radical (unpaired) electrons. The van der Waals surface area contributed by atoms with Gasteiger partial charge in [-0.25, -0.2) is 8.42 Å². The molecule has 0 saturated heterocycles. The van der Waals surface area contributed by atoms with Crippen LogP contribution in [-0.2, 0) is 16.6 Å². The summed E-state index contributed by atoms with van der Waals surface area (Å²) >= 11 is 0. The number of rotatable bonds is 5. The second-order valence-corrected chi connectivity index (χ2v) is 7.19. The number of sulfonamides is 1. The van der Waals surface area contributed by atoms with Gasteiger partial charge in [0.15, 0.2) is 16.4 Å². The van der Waals surface area contributed by atoms with Crippen LogP contribution in [-0.4, -0.2) is 31.5 Å². The largest absolute Gasteiger partial charge is 0.454 e. The van der Waals surface area contributed by atoms with Crippen LogP contribution in [0.5, 0.6) is 11.5 Å². The fraction of sp³-hybridized carbons (Fsp3) is 0.200. The number of ether oxygens (including phenoxy) is 2. The van der Waals surface area contributed by atoms with E-state index in [1.54, 1.807) is 18.2 Å². The van der Waals surface area contributed by atoms with Crippen molar-refractivity contribution in [1.29, 1.82) is 0 Å². The number of para-hydroxylation sites is 1. The molecule has 0 unspecified atom stereocenters. The van der Waals surface area contributed by atoms with Crippen molar-refractivity contribution in [1.82, 2.24) is 4.31 Å². The molecule has 0 N–H and O–H groups in total. The van der Waals surface area contributed by atoms with Crippen molar-refractivity contribution in [2.24, 2.45) is 0 Å². The van der Waals surface area contributed by atoms with Gasteiger partial charge in [0.05, 0.1) is 4.92 Å². The molecule has 9 heteroatoms. The first-order valence-electron chi connectivity index (χ1n) is 6.98. The minimum absolute atomic E-state index is 0.0466. The Bertz CT molecular complexity index is 897. The molecule has 1 aliphatic rings. The first-order chi connectivity index (χ1) is 11.4. The summed E-state index contributed by atoms with van der Waals surface area (Å²) in [5.74, 6) is 1.15. The van der Waals surface area contributed by atoms with E-state index in [9.17, 15) is 18.5 Å². The third kappa shape index (κ3) is 2.91. The summed E-state index contributed by atoms with van der Waals surface area (Å²) in [5.41, 5.74) is 0.235. The van der Waals surface area contributed by atoms with Crippen LogP contribution in [0.25, 0.3) is 0 Å². The molecular weight excluding hydrogens is 336 g/mol. The van der Waals surface area contributed by atoms with Crippen molar-refractivity contribution in [2.75, 3.05) is 13.8 Å². The summed E-state index contributed by atoms with van der Waals surface area (Å²) < 4.78 is 36.9. The number of benzene rings is 2. The number of nitrogens with zero attached hydrogens (tertiary/aromatic N) is 2. The summed E-state index contributed by atoms with van der Waals surface area (Å²) in [6.45, 7) is 0.175. The third-order valence-electron chi connectivity index (χ3n) is 3.59. The van der Waals surface area contributed by atoms with Crippen LogP contribution in [0.2, 0.25) is 0 Å². The summed E-state index contributed by atoms with van der Waals surface area (Å²) in [6.07, 6.45) is 0. The van der Waals surface area contributed by atoms with Crippen LogP contribution in [0.3, 0.4) is 0 Å². The quantitative estimate of drug-likeness (QED) is 0.605. The molecule has 126 valence electrons. The van der Waals surface area contributed by atoms with Gasteiger partial charge in [0, 0.05) is 19.7 Å². The van der Waals surface area contributed by atoms with E-state index < -0.39 is 20.6 Å². The van der Waals surface area contributed by atoms with Gasteiger partial charge in [0.2, 0.25) is 16.8 Å². The van der Waals surface area contributed by atoms with Crippen LogP contribution in [0.15, 0.2) is 47.4 Å². The van der Waals surface area contributed by atoms with Crippen molar-refractivity contribution >= 4 is 15.7 Å². The summed E-state index contributed by atoms with van der Waals surface area (Å²) in [5, 5.41) is 11.1. The van der Waals surface area contributed by atoms with E-state index in [-0.39, 0.29) is 18.2 Å². The number of nitro groups is 1. The standard InChI is InChI=1S/C15H14N2O6S/c1-16(9-11-6-7-13-14(8-11)23-10-22-13)24(20,21)15-5-3-2-4-12(15)17(18)19/h2-8H,9-10H2,1H3. The summed E-state index contributed by atoms with van der Waals surface area (Å²) in [4.78, 5) is 10.0. The van der Waals surface area contributed by atoms with Gasteiger partial charge in [-0.3, -0.25) is 10.1 Å². The lowest BCUT2D eigenvalue weighted by Gasteiger charge is -2.17. The highest BCUT2D eigenvalue weighted by Gasteiger charge is 2.29. The zero-order chi connectivity index (χ0) is 17.3. The van der Waals surface area contributed by atoms with Crippen LogP contribution in [0.1, 0.15) is 5.56 Å². The molecule has 2 aromatic carbocycles. The predicted octanol–water partition coefficient (Wildman–Crippen LogP) is 2.14. The number of hydrogen-bond donors (Lipinski definition) is 0. The molecule has 2 aromatic rings. The molecule has 0 bridgehead atoms. The van der Waals surface area contributed by atoms with Crippen LogP contribution in [0.4, 0.5) is 5.69 Å². The zero-order valence-electron chi connectivity index (χ0n) is 12.7. The Morgan fingerprint density at radius 1 is 1.17 bits per heavy atom. The van der Waals surface area contributed by atoms with Gasteiger partial charge in [-0.05, 0) is 23.8 Å². The first kappa shape index (κ1) is 16.2. The lowest BCUT2D eigenvalue weighted by Crippen LogP contribution is -2.27. The highest BCUT2D eigenvalue weighted by Crippen LogP contribution is 2.33. The molecule has 0 atom stereocenters. The Morgan fingerprint density at radius 3 is 2.62 bits per heavy atom. The Kier molecular flexibility index (Phi) is 4.12. The van der Waals surface area contributed by atoms with Crippen LogP contribution >= 0.6 is 0 Å². The summed E-state index contributed by atoms with van der Waals surface area (Å²) in [6, 6.07) is 10.4. The van der Waals surface area contributed by atoms with Gasteiger partial charge in [-0.1, -0.05) is 18.2 Å². The number of fused-ring (bicyclic) bond motifs is 1.